The molecular weight excluding hydrogens is 354 g/mol. The van der Waals surface area contributed by atoms with Crippen LogP contribution < -0.4 is 0 Å². The molecule has 1 saturated heterocycles. The lowest BCUT2D eigenvalue weighted by atomic mass is 10.2. The van der Waals surface area contributed by atoms with Crippen molar-refractivity contribution in [2.24, 2.45) is 0 Å². The molecule has 0 bridgehead atoms. The largest absolute Gasteiger partial charge is 0.459 e. The van der Waals surface area contributed by atoms with E-state index < -0.39 is 10.0 Å². The third kappa shape index (κ3) is 3.98. The average molecular weight is 377 g/mol. The van der Waals surface area contributed by atoms with Gasteiger partial charge >= 0.3 is 0 Å². The Morgan fingerprint density at radius 1 is 1.12 bits per heavy atom. The van der Waals surface area contributed by atoms with Gasteiger partial charge in [0.05, 0.1) is 11.2 Å². The SMILES string of the molecule is CN(C)S(=O)(=O)c1cccc(CN2CCN(C(=O)c3ccco3)CC2)c1. The maximum atomic E-state index is 12.3. The molecule has 1 amide bonds. The lowest BCUT2D eigenvalue weighted by Crippen LogP contribution is -2.48. The summed E-state index contributed by atoms with van der Waals surface area (Å²) in [7, 11) is -0.384. The molecule has 0 atom stereocenters. The maximum absolute atomic E-state index is 12.3. The summed E-state index contributed by atoms with van der Waals surface area (Å²) in [5.74, 6) is 0.272. The fraction of sp³-hybridized carbons (Fsp3) is 0.389. The van der Waals surface area contributed by atoms with Crippen molar-refractivity contribution in [1.82, 2.24) is 14.1 Å². The van der Waals surface area contributed by atoms with Gasteiger partial charge in [-0.3, -0.25) is 9.69 Å². The van der Waals surface area contributed by atoms with Gasteiger partial charge in [-0.1, -0.05) is 12.1 Å². The van der Waals surface area contributed by atoms with Crippen molar-refractivity contribution in [3.63, 3.8) is 0 Å². The van der Waals surface area contributed by atoms with Crippen LogP contribution in [-0.2, 0) is 16.6 Å². The number of furan rings is 1. The molecule has 0 radical (unpaired) electrons. The van der Waals surface area contributed by atoms with E-state index in [0.717, 1.165) is 18.7 Å². The van der Waals surface area contributed by atoms with Crippen LogP contribution in [0, 0.1) is 0 Å². The van der Waals surface area contributed by atoms with Gasteiger partial charge in [-0.15, -0.1) is 0 Å². The molecule has 7 nitrogen and oxygen atoms in total. The van der Waals surface area contributed by atoms with Crippen LogP contribution >= 0.6 is 0 Å². The Bertz CT molecular complexity index is 854. The molecule has 1 aromatic heterocycles. The molecule has 2 heterocycles. The second kappa shape index (κ2) is 7.61. The Kier molecular flexibility index (Phi) is 5.45. The number of nitrogens with zero attached hydrogens (tertiary/aromatic N) is 3. The standard InChI is InChI=1S/C18H23N3O4S/c1-19(2)26(23,24)16-6-3-5-15(13-16)14-20-8-10-21(11-9-20)18(22)17-7-4-12-25-17/h3-7,12-13H,8-11,14H2,1-2H3. The van der Waals surface area contributed by atoms with Gasteiger partial charge in [-0.2, -0.15) is 0 Å². The predicted molar refractivity (Wildman–Crippen MR) is 97.2 cm³/mol. The summed E-state index contributed by atoms with van der Waals surface area (Å²) in [6, 6.07) is 10.4. The molecule has 3 rings (SSSR count). The summed E-state index contributed by atoms with van der Waals surface area (Å²) in [6.45, 7) is 3.36. The lowest BCUT2D eigenvalue weighted by molar-refractivity contribution is 0.0597. The Labute approximate surface area is 153 Å². The van der Waals surface area contributed by atoms with E-state index in [2.05, 4.69) is 4.90 Å². The van der Waals surface area contributed by atoms with Crippen LogP contribution in [0.2, 0.25) is 0 Å². The zero-order valence-corrected chi connectivity index (χ0v) is 15.8. The molecule has 0 aliphatic carbocycles. The van der Waals surface area contributed by atoms with E-state index in [1.165, 1.54) is 24.7 Å². The van der Waals surface area contributed by atoms with Crippen LogP contribution in [0.4, 0.5) is 0 Å². The molecule has 1 aromatic carbocycles. The molecule has 1 fully saturated rings. The van der Waals surface area contributed by atoms with Gasteiger partial charge in [-0.05, 0) is 29.8 Å². The molecule has 2 aromatic rings. The number of rotatable bonds is 5. The zero-order valence-electron chi connectivity index (χ0n) is 15.0. The third-order valence-electron chi connectivity index (χ3n) is 4.47. The molecule has 1 aliphatic heterocycles. The normalized spacial score (nSPS) is 16.2. The summed E-state index contributed by atoms with van der Waals surface area (Å²) in [5, 5.41) is 0. The Hall–Kier alpha value is -2.16. The van der Waals surface area contributed by atoms with Gasteiger partial charge < -0.3 is 9.32 Å². The topological polar surface area (TPSA) is 74.1 Å². The number of hydrogen-bond donors (Lipinski definition) is 0. The predicted octanol–water partition coefficient (Wildman–Crippen LogP) is 1.49. The second-order valence-corrected chi connectivity index (χ2v) is 8.63. The van der Waals surface area contributed by atoms with Crippen molar-refractivity contribution >= 4 is 15.9 Å². The van der Waals surface area contributed by atoms with Crippen LogP contribution in [0.15, 0.2) is 52.0 Å². The van der Waals surface area contributed by atoms with Gasteiger partial charge in [-0.25, -0.2) is 12.7 Å². The first kappa shape index (κ1) is 18.6. The van der Waals surface area contributed by atoms with E-state index in [-0.39, 0.29) is 5.91 Å². The number of piperazine rings is 1. The molecule has 0 N–H and O–H groups in total. The van der Waals surface area contributed by atoms with E-state index in [1.54, 1.807) is 35.2 Å². The highest BCUT2D eigenvalue weighted by molar-refractivity contribution is 7.89. The van der Waals surface area contributed by atoms with Crippen LogP contribution in [0.5, 0.6) is 0 Å². The number of benzene rings is 1. The molecule has 0 saturated carbocycles. The lowest BCUT2D eigenvalue weighted by Gasteiger charge is -2.34. The minimum absolute atomic E-state index is 0.0891. The van der Waals surface area contributed by atoms with E-state index in [9.17, 15) is 13.2 Å². The fourth-order valence-electron chi connectivity index (χ4n) is 2.94. The smallest absolute Gasteiger partial charge is 0.289 e. The van der Waals surface area contributed by atoms with Crippen molar-refractivity contribution in [3.8, 4) is 0 Å². The molecule has 1 aliphatic rings. The number of amides is 1. The summed E-state index contributed by atoms with van der Waals surface area (Å²) >= 11 is 0. The first-order chi connectivity index (χ1) is 12.4. The third-order valence-corrected chi connectivity index (χ3v) is 6.29. The summed E-state index contributed by atoms with van der Waals surface area (Å²) < 4.78 is 30.9. The highest BCUT2D eigenvalue weighted by Gasteiger charge is 2.24. The van der Waals surface area contributed by atoms with Gasteiger partial charge in [0.15, 0.2) is 5.76 Å². The van der Waals surface area contributed by atoms with Crippen molar-refractivity contribution in [2.75, 3.05) is 40.3 Å². The zero-order chi connectivity index (χ0) is 18.7. The Morgan fingerprint density at radius 3 is 2.46 bits per heavy atom. The Morgan fingerprint density at radius 2 is 1.85 bits per heavy atom. The first-order valence-electron chi connectivity index (χ1n) is 8.44. The minimum atomic E-state index is -3.43. The molecule has 8 heteroatoms. The van der Waals surface area contributed by atoms with E-state index in [1.807, 2.05) is 6.07 Å². The van der Waals surface area contributed by atoms with Crippen LogP contribution in [0.1, 0.15) is 16.1 Å². The number of carbonyl (C=O) groups excluding carboxylic acids is 1. The van der Waals surface area contributed by atoms with Gasteiger partial charge in [0, 0.05) is 46.8 Å². The fourth-order valence-corrected chi connectivity index (χ4v) is 3.91. The van der Waals surface area contributed by atoms with Gasteiger partial charge in [0.2, 0.25) is 10.0 Å². The average Bonchev–Trinajstić information content (AvgIpc) is 3.16. The summed E-state index contributed by atoms with van der Waals surface area (Å²) in [6.07, 6.45) is 1.50. The molecule has 0 spiro atoms. The molecular formula is C18H23N3O4S. The van der Waals surface area contributed by atoms with E-state index >= 15 is 0 Å². The quantitative estimate of drug-likeness (QED) is 0.789. The number of carbonyl (C=O) groups is 1. The van der Waals surface area contributed by atoms with Gasteiger partial charge in [0.1, 0.15) is 0 Å². The van der Waals surface area contributed by atoms with Crippen LogP contribution in [0.3, 0.4) is 0 Å². The summed E-state index contributed by atoms with van der Waals surface area (Å²) in [4.78, 5) is 16.6. The maximum Gasteiger partial charge on any atom is 0.289 e. The monoisotopic (exact) mass is 377 g/mol. The first-order valence-corrected chi connectivity index (χ1v) is 9.88. The van der Waals surface area contributed by atoms with E-state index in [0.29, 0.717) is 30.3 Å². The van der Waals surface area contributed by atoms with Crippen LogP contribution in [0.25, 0.3) is 0 Å². The van der Waals surface area contributed by atoms with Crippen LogP contribution in [-0.4, -0.2) is 68.7 Å². The van der Waals surface area contributed by atoms with E-state index in [4.69, 9.17) is 4.42 Å². The second-order valence-electron chi connectivity index (χ2n) is 6.48. The number of sulfonamides is 1. The molecule has 140 valence electrons. The molecule has 0 unspecified atom stereocenters. The van der Waals surface area contributed by atoms with Gasteiger partial charge in [0.25, 0.3) is 5.91 Å². The highest BCUT2D eigenvalue weighted by Crippen LogP contribution is 2.17. The van der Waals surface area contributed by atoms with Crippen molar-refractivity contribution in [3.05, 3.63) is 54.0 Å². The number of hydrogen-bond acceptors (Lipinski definition) is 5. The Balaban J connectivity index is 1.61. The minimum Gasteiger partial charge on any atom is -0.459 e. The van der Waals surface area contributed by atoms with Crippen molar-refractivity contribution < 1.29 is 17.6 Å². The summed E-state index contributed by atoms with van der Waals surface area (Å²) in [5.41, 5.74) is 0.943. The van der Waals surface area contributed by atoms with Crippen molar-refractivity contribution in [2.45, 2.75) is 11.4 Å². The van der Waals surface area contributed by atoms with Crippen molar-refractivity contribution in [1.29, 1.82) is 0 Å². The highest BCUT2D eigenvalue weighted by atomic mass is 32.2. The molecule has 26 heavy (non-hydrogen) atoms.